The molecule has 0 aliphatic heterocycles. The first-order valence-electron chi connectivity index (χ1n) is 6.14. The van der Waals surface area contributed by atoms with Gasteiger partial charge in [-0.3, -0.25) is 20.4 Å². The van der Waals surface area contributed by atoms with Gasteiger partial charge in [-0.15, -0.1) is 0 Å². The summed E-state index contributed by atoms with van der Waals surface area (Å²) in [6, 6.07) is 12.8. The van der Waals surface area contributed by atoms with Crippen LogP contribution in [0, 0.1) is 5.82 Å². The first-order valence-corrected chi connectivity index (χ1v) is 6.94. The zero-order valence-electron chi connectivity index (χ0n) is 10.9. The molecule has 0 aliphatic carbocycles. The van der Waals surface area contributed by atoms with E-state index in [0.29, 0.717) is 0 Å². The first kappa shape index (κ1) is 15.2. The Kier molecular flexibility index (Phi) is 5.05. The lowest BCUT2D eigenvalue weighted by atomic mass is 10.1. The maximum Gasteiger partial charge on any atom is 0.272 e. The lowest BCUT2D eigenvalue weighted by Crippen LogP contribution is -2.42. The fourth-order valence-electron chi connectivity index (χ4n) is 1.67. The predicted octanol–water partition coefficient (Wildman–Crippen LogP) is 2.59. The molecule has 2 aromatic carbocycles. The van der Waals surface area contributed by atoms with Gasteiger partial charge in [-0.1, -0.05) is 40.2 Å². The molecular weight excluding hydrogens is 339 g/mol. The molecule has 0 atom stereocenters. The highest BCUT2D eigenvalue weighted by Gasteiger charge is 2.11. The third-order valence-corrected chi connectivity index (χ3v) is 3.24. The summed E-state index contributed by atoms with van der Waals surface area (Å²) >= 11 is 3.30. The topological polar surface area (TPSA) is 58.2 Å². The Hall–Kier alpha value is -2.21. The Morgan fingerprint density at radius 2 is 1.67 bits per heavy atom. The van der Waals surface area contributed by atoms with Crippen molar-refractivity contribution in [2.75, 3.05) is 0 Å². The molecule has 0 saturated heterocycles. The minimum Gasteiger partial charge on any atom is -0.273 e. The number of benzene rings is 2. The number of amides is 2. The van der Waals surface area contributed by atoms with Gasteiger partial charge < -0.3 is 0 Å². The zero-order valence-corrected chi connectivity index (χ0v) is 12.5. The van der Waals surface area contributed by atoms with Crippen molar-refractivity contribution >= 4 is 27.7 Å². The molecule has 4 nitrogen and oxygen atoms in total. The number of halogens is 2. The number of carbonyl (C=O) groups excluding carboxylic acids is 2. The fraction of sp³-hybridized carbons (Fsp3) is 0.0667. The summed E-state index contributed by atoms with van der Waals surface area (Å²) in [6.07, 6.45) is 0.116. The monoisotopic (exact) mass is 350 g/mol. The Morgan fingerprint density at radius 3 is 2.33 bits per heavy atom. The molecule has 0 aliphatic rings. The number of carbonyl (C=O) groups is 2. The number of hydrogen-bond acceptors (Lipinski definition) is 2. The summed E-state index contributed by atoms with van der Waals surface area (Å²) in [5, 5.41) is 0. The Morgan fingerprint density at radius 1 is 1.00 bits per heavy atom. The molecular formula is C15H12BrFN2O2. The molecule has 2 rings (SSSR count). The molecule has 6 heteroatoms. The van der Waals surface area contributed by atoms with E-state index in [1.165, 1.54) is 18.2 Å². The molecule has 0 heterocycles. The molecule has 21 heavy (non-hydrogen) atoms. The predicted molar refractivity (Wildman–Crippen MR) is 79.9 cm³/mol. The van der Waals surface area contributed by atoms with Gasteiger partial charge in [0, 0.05) is 4.47 Å². The van der Waals surface area contributed by atoms with E-state index in [-0.39, 0.29) is 17.9 Å². The minimum absolute atomic E-state index is 0.116. The normalized spacial score (nSPS) is 10.0. The molecule has 0 radical (unpaired) electrons. The quantitative estimate of drug-likeness (QED) is 0.836. The molecule has 0 bridgehead atoms. The van der Waals surface area contributed by atoms with Crippen molar-refractivity contribution < 1.29 is 14.0 Å². The van der Waals surface area contributed by atoms with Crippen LogP contribution >= 0.6 is 15.9 Å². The van der Waals surface area contributed by atoms with Crippen molar-refractivity contribution in [3.8, 4) is 0 Å². The molecule has 0 aromatic heterocycles. The van der Waals surface area contributed by atoms with Crippen LogP contribution in [-0.4, -0.2) is 11.8 Å². The molecule has 0 saturated carbocycles. The van der Waals surface area contributed by atoms with E-state index in [2.05, 4.69) is 26.8 Å². The van der Waals surface area contributed by atoms with Gasteiger partial charge in [-0.05, 0) is 29.8 Å². The van der Waals surface area contributed by atoms with Gasteiger partial charge in [0.1, 0.15) is 5.82 Å². The lowest BCUT2D eigenvalue weighted by molar-refractivity contribution is -0.121. The van der Waals surface area contributed by atoms with Crippen LogP contribution in [0.2, 0.25) is 0 Å². The minimum atomic E-state index is -0.697. The molecule has 0 fully saturated rings. The Labute approximate surface area is 129 Å². The second kappa shape index (κ2) is 6.99. The smallest absolute Gasteiger partial charge is 0.272 e. The van der Waals surface area contributed by atoms with Crippen molar-refractivity contribution in [1.82, 2.24) is 10.9 Å². The van der Waals surface area contributed by atoms with Crippen LogP contribution in [0.5, 0.6) is 0 Å². The average Bonchev–Trinajstić information content (AvgIpc) is 2.48. The second-order valence-corrected chi connectivity index (χ2v) is 5.20. The van der Waals surface area contributed by atoms with Gasteiger partial charge in [0.15, 0.2) is 0 Å². The van der Waals surface area contributed by atoms with E-state index in [1.807, 2.05) is 12.1 Å². The van der Waals surface area contributed by atoms with Crippen molar-refractivity contribution in [2.45, 2.75) is 6.42 Å². The summed E-state index contributed by atoms with van der Waals surface area (Å²) in [6.45, 7) is 0. The highest BCUT2D eigenvalue weighted by molar-refractivity contribution is 9.10. The van der Waals surface area contributed by atoms with Crippen LogP contribution in [-0.2, 0) is 11.2 Å². The molecule has 2 amide bonds. The van der Waals surface area contributed by atoms with Gasteiger partial charge in [0.25, 0.3) is 5.91 Å². The van der Waals surface area contributed by atoms with Crippen molar-refractivity contribution in [2.24, 2.45) is 0 Å². The summed E-state index contributed by atoms with van der Waals surface area (Å²) in [5.74, 6) is -1.73. The van der Waals surface area contributed by atoms with Crippen molar-refractivity contribution in [1.29, 1.82) is 0 Å². The van der Waals surface area contributed by atoms with E-state index in [9.17, 15) is 14.0 Å². The number of nitrogens with one attached hydrogen (secondary N) is 2. The first-order chi connectivity index (χ1) is 10.1. The third-order valence-electron chi connectivity index (χ3n) is 2.71. The largest absolute Gasteiger partial charge is 0.273 e. The maximum absolute atomic E-state index is 13.4. The van der Waals surface area contributed by atoms with E-state index in [4.69, 9.17) is 0 Å². The van der Waals surface area contributed by atoms with E-state index in [1.54, 1.807) is 18.2 Å². The van der Waals surface area contributed by atoms with Gasteiger partial charge in [-0.25, -0.2) is 4.39 Å². The molecule has 0 unspecified atom stereocenters. The average molecular weight is 351 g/mol. The highest BCUT2D eigenvalue weighted by Crippen LogP contribution is 2.10. The fourth-order valence-corrected chi connectivity index (χ4v) is 1.94. The van der Waals surface area contributed by atoms with Crippen LogP contribution < -0.4 is 10.9 Å². The highest BCUT2D eigenvalue weighted by atomic mass is 79.9. The van der Waals surface area contributed by atoms with Crippen molar-refractivity contribution in [3.05, 3.63) is 69.9 Å². The summed E-state index contributed by atoms with van der Waals surface area (Å²) < 4.78 is 14.3. The Balaban J connectivity index is 1.88. The lowest BCUT2D eigenvalue weighted by Gasteiger charge is -2.08. The number of hydrazine groups is 1. The van der Waals surface area contributed by atoms with E-state index >= 15 is 0 Å². The standard InChI is InChI=1S/C15H12BrFN2O2/c16-11-7-5-10(6-8-11)9-14(20)18-19-15(21)12-3-1-2-4-13(12)17/h1-8H,9H2,(H,18,20)(H,19,21). The molecule has 108 valence electrons. The molecule has 0 spiro atoms. The maximum atomic E-state index is 13.4. The molecule has 2 aromatic rings. The third kappa shape index (κ3) is 4.39. The summed E-state index contributed by atoms with van der Waals surface area (Å²) in [4.78, 5) is 23.4. The van der Waals surface area contributed by atoms with Gasteiger partial charge in [0.2, 0.25) is 5.91 Å². The summed E-state index contributed by atoms with van der Waals surface area (Å²) in [5.41, 5.74) is 5.12. The van der Waals surface area contributed by atoms with Crippen LogP contribution in [0.3, 0.4) is 0 Å². The number of hydrogen-bond donors (Lipinski definition) is 2. The van der Waals surface area contributed by atoms with E-state index in [0.717, 1.165) is 10.0 Å². The molecule has 2 N–H and O–H groups in total. The second-order valence-electron chi connectivity index (χ2n) is 4.29. The SMILES string of the molecule is O=C(Cc1ccc(Br)cc1)NNC(=O)c1ccccc1F. The number of rotatable bonds is 3. The van der Waals surface area contributed by atoms with Gasteiger partial charge in [0.05, 0.1) is 12.0 Å². The summed E-state index contributed by atoms with van der Waals surface area (Å²) in [7, 11) is 0. The van der Waals surface area contributed by atoms with Crippen LogP contribution in [0.25, 0.3) is 0 Å². The van der Waals surface area contributed by atoms with Crippen LogP contribution in [0.4, 0.5) is 4.39 Å². The van der Waals surface area contributed by atoms with E-state index < -0.39 is 11.7 Å². The Bertz CT molecular complexity index is 659. The van der Waals surface area contributed by atoms with Crippen LogP contribution in [0.15, 0.2) is 53.0 Å². The van der Waals surface area contributed by atoms with Crippen molar-refractivity contribution in [3.63, 3.8) is 0 Å². The van der Waals surface area contributed by atoms with Gasteiger partial charge in [-0.2, -0.15) is 0 Å². The van der Waals surface area contributed by atoms with Gasteiger partial charge >= 0.3 is 0 Å². The zero-order chi connectivity index (χ0) is 15.2. The van der Waals surface area contributed by atoms with Crippen LogP contribution in [0.1, 0.15) is 15.9 Å².